The Kier molecular flexibility index (Phi) is 5.21. The van der Waals surface area contributed by atoms with Gasteiger partial charge in [0.05, 0.1) is 0 Å². The predicted molar refractivity (Wildman–Crippen MR) is 120 cm³/mol. The molecule has 3 aliphatic carbocycles. The summed E-state index contributed by atoms with van der Waals surface area (Å²) < 4.78 is 0. The van der Waals surface area contributed by atoms with Gasteiger partial charge in [-0.25, -0.2) is 0 Å². The number of rotatable bonds is 6. The van der Waals surface area contributed by atoms with Gasteiger partial charge in [-0.1, -0.05) is 68.0 Å². The third-order valence-electron chi connectivity index (χ3n) is 6.26. The van der Waals surface area contributed by atoms with E-state index in [0.717, 1.165) is 24.0 Å². The van der Waals surface area contributed by atoms with Crippen LogP contribution in [0.2, 0.25) is 0 Å². The van der Waals surface area contributed by atoms with Gasteiger partial charge < -0.3 is 10.2 Å². The molecular weight excluding hydrogens is 372 g/mol. The standard InChI is InChI=1S/C26H32N2O2/c1-5-9-22(23(29)27-25(2,3)4)28-24(30)20(16-18-10-7-6-8-11-18)21-17-19-12-14-26(21,28)15-13-19/h6-8,10-15,19,22H,5,9,16-17H2,1-4H3,(H,27,29). The molecule has 1 aromatic rings. The maximum atomic E-state index is 13.9. The van der Waals surface area contributed by atoms with E-state index >= 15 is 0 Å². The highest BCUT2D eigenvalue weighted by Gasteiger charge is 2.55. The first kappa shape index (κ1) is 20.6. The minimum atomic E-state index is -0.592. The fourth-order valence-electron chi connectivity index (χ4n) is 5.00. The minimum Gasteiger partial charge on any atom is -0.350 e. The van der Waals surface area contributed by atoms with Crippen LogP contribution in [0.25, 0.3) is 0 Å². The molecule has 2 amide bonds. The van der Waals surface area contributed by atoms with Crippen molar-refractivity contribution in [3.63, 3.8) is 0 Å². The average molecular weight is 405 g/mol. The van der Waals surface area contributed by atoms with E-state index in [0.29, 0.717) is 18.8 Å². The van der Waals surface area contributed by atoms with Gasteiger partial charge in [0.1, 0.15) is 11.6 Å². The van der Waals surface area contributed by atoms with Gasteiger partial charge in [0, 0.05) is 17.5 Å². The van der Waals surface area contributed by atoms with Gasteiger partial charge in [-0.2, -0.15) is 0 Å². The summed E-state index contributed by atoms with van der Waals surface area (Å²) >= 11 is 0. The van der Waals surface area contributed by atoms with Crippen LogP contribution in [-0.4, -0.2) is 33.8 Å². The highest BCUT2D eigenvalue weighted by Crippen LogP contribution is 2.50. The van der Waals surface area contributed by atoms with Crippen LogP contribution in [0.1, 0.15) is 52.5 Å². The third kappa shape index (κ3) is 3.53. The Hall–Kier alpha value is -2.62. The monoisotopic (exact) mass is 404 g/mol. The van der Waals surface area contributed by atoms with Crippen LogP contribution in [0.5, 0.6) is 0 Å². The second kappa shape index (κ2) is 7.57. The predicted octanol–water partition coefficient (Wildman–Crippen LogP) is 4.34. The summed E-state index contributed by atoms with van der Waals surface area (Å²) in [6.07, 6.45) is 11.6. The summed E-state index contributed by atoms with van der Waals surface area (Å²) in [5, 5.41) is 3.12. The molecule has 158 valence electrons. The summed E-state index contributed by atoms with van der Waals surface area (Å²) in [4.78, 5) is 29.1. The van der Waals surface area contributed by atoms with Gasteiger partial charge >= 0.3 is 0 Å². The van der Waals surface area contributed by atoms with Gasteiger partial charge in [-0.05, 0) is 50.7 Å². The van der Waals surface area contributed by atoms with Gasteiger partial charge in [0.25, 0.3) is 5.91 Å². The van der Waals surface area contributed by atoms with Gasteiger partial charge in [0.15, 0.2) is 0 Å². The van der Waals surface area contributed by atoms with Crippen molar-refractivity contribution in [3.8, 4) is 0 Å². The normalized spacial score (nSPS) is 25.7. The highest BCUT2D eigenvalue weighted by atomic mass is 16.2. The Balaban J connectivity index is 1.76. The highest BCUT2D eigenvalue weighted by molar-refractivity contribution is 6.03. The maximum absolute atomic E-state index is 13.9. The Morgan fingerprint density at radius 3 is 2.47 bits per heavy atom. The summed E-state index contributed by atoms with van der Waals surface area (Å²) in [7, 11) is 0. The molecule has 1 N–H and O–H groups in total. The Morgan fingerprint density at radius 2 is 1.87 bits per heavy atom. The molecule has 2 bridgehead atoms. The molecule has 0 aromatic heterocycles. The van der Waals surface area contributed by atoms with E-state index in [1.165, 1.54) is 5.57 Å². The van der Waals surface area contributed by atoms with Crippen LogP contribution in [-0.2, 0) is 16.0 Å². The molecule has 4 heteroatoms. The van der Waals surface area contributed by atoms with E-state index in [1.54, 1.807) is 0 Å². The molecular formula is C26H32N2O2. The quantitative estimate of drug-likeness (QED) is 0.717. The summed E-state index contributed by atoms with van der Waals surface area (Å²) in [6, 6.07) is 9.66. The molecule has 0 saturated carbocycles. The molecule has 5 rings (SSSR count). The molecule has 4 aliphatic rings. The fraction of sp³-hybridized carbons (Fsp3) is 0.462. The van der Waals surface area contributed by atoms with Crippen LogP contribution >= 0.6 is 0 Å². The van der Waals surface area contributed by atoms with Gasteiger partial charge in [-0.3, -0.25) is 9.59 Å². The van der Waals surface area contributed by atoms with E-state index < -0.39 is 11.6 Å². The second-order valence-corrected chi connectivity index (χ2v) is 9.75. The van der Waals surface area contributed by atoms with Gasteiger partial charge in [0.2, 0.25) is 5.91 Å². The third-order valence-corrected chi connectivity index (χ3v) is 6.26. The zero-order chi connectivity index (χ0) is 21.5. The molecule has 0 radical (unpaired) electrons. The lowest BCUT2D eigenvalue weighted by Gasteiger charge is -2.46. The van der Waals surface area contributed by atoms with Gasteiger partial charge in [-0.15, -0.1) is 0 Å². The van der Waals surface area contributed by atoms with E-state index in [4.69, 9.17) is 0 Å². The number of carbonyl (C=O) groups is 2. The zero-order valence-electron chi connectivity index (χ0n) is 18.4. The second-order valence-electron chi connectivity index (χ2n) is 9.75. The Bertz CT molecular complexity index is 920. The first-order chi connectivity index (χ1) is 14.2. The lowest BCUT2D eigenvalue weighted by molar-refractivity contribution is -0.140. The van der Waals surface area contributed by atoms with E-state index in [1.807, 2.05) is 43.9 Å². The lowest BCUT2D eigenvalue weighted by atomic mass is 9.71. The molecule has 1 unspecified atom stereocenters. The number of hydrogen-bond donors (Lipinski definition) is 1. The number of amides is 2. The van der Waals surface area contributed by atoms with Crippen molar-refractivity contribution in [1.29, 1.82) is 0 Å². The van der Waals surface area contributed by atoms with Crippen molar-refractivity contribution in [2.24, 2.45) is 5.92 Å². The number of allylic oxidation sites excluding steroid dienone is 2. The number of hydrogen-bond acceptors (Lipinski definition) is 2. The topological polar surface area (TPSA) is 49.4 Å². The average Bonchev–Trinajstić information content (AvgIpc) is 2.94. The molecule has 0 saturated heterocycles. The lowest BCUT2D eigenvalue weighted by Crippen LogP contribution is -2.60. The number of nitrogens with zero attached hydrogens (tertiary/aromatic N) is 1. The van der Waals surface area contributed by atoms with E-state index in [9.17, 15) is 9.59 Å². The van der Waals surface area contributed by atoms with E-state index in [2.05, 4.69) is 48.7 Å². The Morgan fingerprint density at radius 1 is 1.20 bits per heavy atom. The molecule has 1 aliphatic heterocycles. The molecule has 1 atom stereocenters. The van der Waals surface area contributed by atoms with Crippen LogP contribution in [0.15, 0.2) is 65.8 Å². The zero-order valence-corrected chi connectivity index (χ0v) is 18.4. The van der Waals surface area contributed by atoms with E-state index in [-0.39, 0.29) is 17.4 Å². The smallest absolute Gasteiger partial charge is 0.252 e. The molecule has 0 fully saturated rings. The number of benzene rings is 1. The molecule has 4 nitrogen and oxygen atoms in total. The summed E-state index contributed by atoms with van der Waals surface area (Å²) in [5.41, 5.74) is 2.24. The Labute approximate surface area is 179 Å². The number of nitrogens with one attached hydrogen (secondary N) is 1. The van der Waals surface area contributed by atoms with Crippen molar-refractivity contribution in [2.75, 3.05) is 0 Å². The molecule has 1 spiro atoms. The first-order valence-corrected chi connectivity index (χ1v) is 11.1. The van der Waals surface area contributed by atoms with Crippen molar-refractivity contribution in [1.82, 2.24) is 10.2 Å². The van der Waals surface area contributed by atoms with Crippen molar-refractivity contribution in [3.05, 3.63) is 71.3 Å². The number of carbonyl (C=O) groups excluding carboxylic acids is 2. The SMILES string of the molecule is CCCC(C(=O)NC(C)(C)C)N1C(=O)C(Cc2ccccc2)=C2CC3C=CC21C=C3. The maximum Gasteiger partial charge on any atom is 0.252 e. The largest absolute Gasteiger partial charge is 0.350 e. The molecule has 30 heavy (non-hydrogen) atoms. The summed E-state index contributed by atoms with van der Waals surface area (Å²) in [6.45, 7) is 8.01. The van der Waals surface area contributed by atoms with Crippen LogP contribution in [0.4, 0.5) is 0 Å². The van der Waals surface area contributed by atoms with Crippen LogP contribution < -0.4 is 5.32 Å². The van der Waals surface area contributed by atoms with Crippen molar-refractivity contribution < 1.29 is 9.59 Å². The first-order valence-electron chi connectivity index (χ1n) is 11.1. The molecule has 1 aromatic carbocycles. The van der Waals surface area contributed by atoms with Crippen LogP contribution in [0, 0.1) is 5.92 Å². The van der Waals surface area contributed by atoms with Crippen molar-refractivity contribution >= 4 is 11.8 Å². The molecule has 1 heterocycles. The van der Waals surface area contributed by atoms with Crippen molar-refractivity contribution in [2.45, 2.75) is 70.5 Å². The minimum absolute atomic E-state index is 0.00760. The fourth-order valence-corrected chi connectivity index (χ4v) is 5.00. The van der Waals surface area contributed by atoms with Crippen LogP contribution in [0.3, 0.4) is 0 Å². The summed E-state index contributed by atoms with van der Waals surface area (Å²) in [5.74, 6) is 0.281.